The maximum atomic E-state index is 11.0. The molecule has 2 atom stereocenters. The number of phosphoric ester groups is 1. The number of amides is 1. The van der Waals surface area contributed by atoms with Crippen molar-refractivity contribution in [3.8, 4) is 0 Å². The zero-order chi connectivity index (χ0) is 12.2. The lowest BCUT2D eigenvalue weighted by Gasteiger charge is -2.13. The van der Waals surface area contributed by atoms with Gasteiger partial charge in [0.2, 0.25) is 5.91 Å². The van der Waals surface area contributed by atoms with Gasteiger partial charge in [-0.05, 0) is 25.2 Å². The van der Waals surface area contributed by atoms with Crippen molar-refractivity contribution in [2.75, 3.05) is 13.2 Å². The Balaban J connectivity index is 2.25. The molecule has 94 valence electrons. The van der Waals surface area contributed by atoms with Crippen molar-refractivity contribution in [3.05, 3.63) is 0 Å². The Bertz CT molecular complexity index is 292. The van der Waals surface area contributed by atoms with E-state index in [9.17, 15) is 9.36 Å². The van der Waals surface area contributed by atoms with E-state index < -0.39 is 7.82 Å². The summed E-state index contributed by atoms with van der Waals surface area (Å²) in [6.45, 7) is -0.0145. The van der Waals surface area contributed by atoms with Gasteiger partial charge >= 0.3 is 7.82 Å². The van der Waals surface area contributed by atoms with Gasteiger partial charge in [-0.3, -0.25) is 9.32 Å². The molecule has 8 heteroatoms. The van der Waals surface area contributed by atoms with E-state index in [0.717, 1.165) is 12.8 Å². The summed E-state index contributed by atoms with van der Waals surface area (Å²) in [5.41, 5.74) is 5.16. The van der Waals surface area contributed by atoms with Crippen LogP contribution in [-0.2, 0) is 13.9 Å². The summed E-state index contributed by atoms with van der Waals surface area (Å²) in [5, 5.41) is 2.74. The maximum Gasteiger partial charge on any atom is 0.469 e. The summed E-state index contributed by atoms with van der Waals surface area (Å²) in [4.78, 5) is 28.1. The van der Waals surface area contributed by atoms with Gasteiger partial charge in [0.1, 0.15) is 0 Å². The molecule has 0 aromatic rings. The normalized spacial score (nSPS) is 25.7. The van der Waals surface area contributed by atoms with Crippen LogP contribution < -0.4 is 11.1 Å². The van der Waals surface area contributed by atoms with Crippen molar-refractivity contribution in [3.63, 3.8) is 0 Å². The number of hydrogen-bond donors (Lipinski definition) is 4. The lowest BCUT2D eigenvalue weighted by molar-refractivity contribution is -0.120. The summed E-state index contributed by atoms with van der Waals surface area (Å²) >= 11 is 0. The minimum Gasteiger partial charge on any atom is -0.352 e. The van der Waals surface area contributed by atoms with Crippen LogP contribution in [0.2, 0.25) is 0 Å². The summed E-state index contributed by atoms with van der Waals surface area (Å²) in [6.07, 6.45) is 2.25. The molecule has 0 bridgehead atoms. The molecule has 0 unspecified atom stereocenters. The van der Waals surface area contributed by atoms with Crippen LogP contribution in [0.4, 0.5) is 0 Å². The first-order valence-electron chi connectivity index (χ1n) is 5.10. The molecule has 1 aliphatic carbocycles. The quantitative estimate of drug-likeness (QED) is 0.482. The van der Waals surface area contributed by atoms with Crippen molar-refractivity contribution in [1.82, 2.24) is 5.32 Å². The van der Waals surface area contributed by atoms with Crippen LogP contribution in [0.1, 0.15) is 19.3 Å². The smallest absolute Gasteiger partial charge is 0.352 e. The maximum absolute atomic E-state index is 11.0. The second-order valence-corrected chi connectivity index (χ2v) is 5.17. The summed E-state index contributed by atoms with van der Waals surface area (Å²) < 4.78 is 14.9. The van der Waals surface area contributed by atoms with Gasteiger partial charge in [-0.1, -0.05) is 0 Å². The fourth-order valence-electron chi connectivity index (χ4n) is 1.85. The summed E-state index contributed by atoms with van der Waals surface area (Å²) in [5.74, 6) is -0.128. The first-order chi connectivity index (χ1) is 7.40. The number of nitrogens with one attached hydrogen (secondary N) is 1. The predicted octanol–water partition coefficient (Wildman–Crippen LogP) is -0.661. The van der Waals surface area contributed by atoms with Gasteiger partial charge in [-0.25, -0.2) is 4.57 Å². The Morgan fingerprint density at radius 1 is 1.50 bits per heavy atom. The van der Waals surface area contributed by atoms with Gasteiger partial charge < -0.3 is 20.8 Å². The number of phosphoric acid groups is 1. The minimum atomic E-state index is -4.38. The number of rotatable bonds is 5. The Kier molecular flexibility index (Phi) is 4.89. The van der Waals surface area contributed by atoms with Crippen molar-refractivity contribution in [1.29, 1.82) is 0 Å². The molecule has 0 spiro atoms. The van der Waals surface area contributed by atoms with Crippen molar-refractivity contribution < 1.29 is 23.7 Å². The van der Waals surface area contributed by atoms with Gasteiger partial charge in [0.15, 0.2) is 0 Å². The van der Waals surface area contributed by atoms with E-state index in [2.05, 4.69) is 9.84 Å². The van der Waals surface area contributed by atoms with Gasteiger partial charge in [0, 0.05) is 6.04 Å². The van der Waals surface area contributed by atoms with Crippen LogP contribution in [0, 0.1) is 5.92 Å². The number of hydrogen-bond acceptors (Lipinski definition) is 4. The van der Waals surface area contributed by atoms with Gasteiger partial charge in [0.25, 0.3) is 0 Å². The SMILES string of the molecule is NCC(=O)N[C@@H]1CC[C@H](COP(=O)(O)O)C1. The first kappa shape index (κ1) is 13.6. The Labute approximate surface area is 93.6 Å². The fourth-order valence-corrected chi connectivity index (χ4v) is 2.25. The van der Waals surface area contributed by atoms with E-state index in [4.69, 9.17) is 15.5 Å². The average Bonchev–Trinajstić information content (AvgIpc) is 2.61. The van der Waals surface area contributed by atoms with E-state index in [1.807, 2.05) is 0 Å². The fraction of sp³-hybridized carbons (Fsp3) is 0.875. The summed E-state index contributed by atoms with van der Waals surface area (Å²) in [7, 11) is -4.38. The van der Waals surface area contributed by atoms with Crippen molar-refractivity contribution >= 4 is 13.7 Å². The number of carbonyl (C=O) groups excluding carboxylic acids is 1. The molecule has 7 nitrogen and oxygen atoms in total. The molecule has 0 aromatic heterocycles. The third kappa shape index (κ3) is 5.05. The lowest BCUT2D eigenvalue weighted by atomic mass is 10.1. The van der Waals surface area contributed by atoms with E-state index in [1.165, 1.54) is 0 Å². The minimum absolute atomic E-state index is 0.0271. The highest BCUT2D eigenvalue weighted by molar-refractivity contribution is 7.46. The molecule has 1 saturated carbocycles. The highest BCUT2D eigenvalue weighted by Gasteiger charge is 2.27. The topological polar surface area (TPSA) is 122 Å². The van der Waals surface area contributed by atoms with Gasteiger partial charge in [0.05, 0.1) is 13.2 Å². The van der Waals surface area contributed by atoms with Crippen molar-refractivity contribution in [2.24, 2.45) is 11.7 Å². The second-order valence-electron chi connectivity index (χ2n) is 3.93. The molecule has 1 rings (SSSR count). The number of carbonyl (C=O) groups is 1. The van der Waals surface area contributed by atoms with E-state index in [-0.39, 0.29) is 31.0 Å². The average molecular weight is 252 g/mol. The van der Waals surface area contributed by atoms with Crippen LogP contribution in [0.3, 0.4) is 0 Å². The Morgan fingerprint density at radius 3 is 2.75 bits per heavy atom. The third-order valence-corrected chi connectivity index (χ3v) is 3.06. The molecule has 0 heterocycles. The highest BCUT2D eigenvalue weighted by Crippen LogP contribution is 2.38. The largest absolute Gasteiger partial charge is 0.469 e. The van der Waals surface area contributed by atoms with Crippen molar-refractivity contribution in [2.45, 2.75) is 25.3 Å². The van der Waals surface area contributed by atoms with E-state index in [0.29, 0.717) is 6.42 Å². The molecule has 16 heavy (non-hydrogen) atoms. The van der Waals surface area contributed by atoms with Crippen LogP contribution in [0.25, 0.3) is 0 Å². The molecule has 0 radical (unpaired) electrons. The van der Waals surface area contributed by atoms with Gasteiger partial charge in [-0.15, -0.1) is 0 Å². The third-order valence-electron chi connectivity index (χ3n) is 2.57. The zero-order valence-corrected chi connectivity index (χ0v) is 9.73. The molecule has 0 saturated heterocycles. The molecule has 1 aliphatic rings. The van der Waals surface area contributed by atoms with E-state index in [1.54, 1.807) is 0 Å². The zero-order valence-electron chi connectivity index (χ0n) is 8.83. The number of nitrogens with two attached hydrogens (primary N) is 1. The lowest BCUT2D eigenvalue weighted by Crippen LogP contribution is -2.37. The molecule has 0 aromatic carbocycles. The monoisotopic (exact) mass is 252 g/mol. The highest BCUT2D eigenvalue weighted by atomic mass is 31.2. The predicted molar refractivity (Wildman–Crippen MR) is 56.3 cm³/mol. The molecular formula is C8H17N2O5P. The summed E-state index contributed by atoms with van der Waals surface area (Å²) in [6, 6.07) is 0.0430. The molecular weight excluding hydrogens is 235 g/mol. The van der Waals surface area contributed by atoms with Crippen LogP contribution in [0.5, 0.6) is 0 Å². The molecule has 0 aliphatic heterocycles. The molecule has 1 amide bonds. The van der Waals surface area contributed by atoms with Crippen LogP contribution in [0.15, 0.2) is 0 Å². The van der Waals surface area contributed by atoms with Crippen LogP contribution in [-0.4, -0.2) is 34.9 Å². The van der Waals surface area contributed by atoms with E-state index >= 15 is 0 Å². The standard InChI is InChI=1S/C8H17N2O5P/c9-4-8(11)10-7-2-1-6(3-7)5-15-16(12,13)14/h6-7H,1-5,9H2,(H,10,11)(H2,12,13,14)/t6-,7+/m0/s1. The van der Waals surface area contributed by atoms with Gasteiger partial charge in [-0.2, -0.15) is 0 Å². The Hall–Kier alpha value is -0.460. The molecule has 5 N–H and O–H groups in total. The Morgan fingerprint density at radius 2 is 2.19 bits per heavy atom. The molecule has 1 fully saturated rings. The van der Waals surface area contributed by atoms with Crippen LogP contribution >= 0.6 is 7.82 Å². The first-order valence-corrected chi connectivity index (χ1v) is 6.63. The second kappa shape index (κ2) is 5.75.